The van der Waals surface area contributed by atoms with Crippen molar-refractivity contribution < 1.29 is 18.7 Å². The van der Waals surface area contributed by atoms with E-state index in [0.29, 0.717) is 26.1 Å². The van der Waals surface area contributed by atoms with Gasteiger partial charge in [0, 0.05) is 31.6 Å². The Balaban J connectivity index is 1.68. The molecule has 0 bridgehead atoms. The molecule has 1 aliphatic heterocycles. The summed E-state index contributed by atoms with van der Waals surface area (Å²) in [7, 11) is 1.43. The zero-order chi connectivity index (χ0) is 19.4. The molecule has 0 spiro atoms. The van der Waals surface area contributed by atoms with Crippen LogP contribution in [-0.4, -0.2) is 49.0 Å². The first-order valence-corrected chi connectivity index (χ1v) is 9.66. The van der Waals surface area contributed by atoms with E-state index < -0.39 is 5.82 Å². The Morgan fingerprint density at radius 2 is 2.07 bits per heavy atom. The number of rotatable bonds is 7. The molecule has 6 nitrogen and oxygen atoms in total. The number of benzene rings is 1. The maximum Gasteiger partial charge on any atom is 0.237 e. The van der Waals surface area contributed by atoms with Crippen LogP contribution in [0.1, 0.15) is 38.2 Å². The Morgan fingerprint density at radius 3 is 2.67 bits per heavy atom. The van der Waals surface area contributed by atoms with E-state index in [9.17, 15) is 14.0 Å². The van der Waals surface area contributed by atoms with Crippen LogP contribution in [0.3, 0.4) is 0 Å². The van der Waals surface area contributed by atoms with Gasteiger partial charge in [0.05, 0.1) is 13.2 Å². The second-order valence-corrected chi connectivity index (χ2v) is 7.38. The van der Waals surface area contributed by atoms with Crippen molar-refractivity contribution in [3.63, 3.8) is 0 Å². The fraction of sp³-hybridized carbons (Fsp3) is 0.600. The highest BCUT2D eigenvalue weighted by Gasteiger charge is 2.38. The SMILES string of the molecule is CCNC(=O)[C@@H]1C[C@@H](NC(=O)C2CCC2)CN1Cc1ccc(OC)c(F)c1. The molecule has 2 amide bonds. The quantitative estimate of drug-likeness (QED) is 0.761. The summed E-state index contributed by atoms with van der Waals surface area (Å²) < 4.78 is 19.0. The third-order valence-electron chi connectivity index (χ3n) is 5.48. The van der Waals surface area contributed by atoms with E-state index in [0.717, 1.165) is 24.8 Å². The number of carbonyl (C=O) groups is 2. The molecule has 1 aromatic carbocycles. The molecule has 148 valence electrons. The third kappa shape index (κ3) is 4.58. The lowest BCUT2D eigenvalue weighted by molar-refractivity contribution is -0.128. The summed E-state index contributed by atoms with van der Waals surface area (Å²) in [5.41, 5.74) is 0.772. The number of methoxy groups -OCH3 is 1. The van der Waals surface area contributed by atoms with Gasteiger partial charge in [-0.2, -0.15) is 0 Å². The fourth-order valence-corrected chi connectivity index (χ4v) is 3.78. The van der Waals surface area contributed by atoms with E-state index in [1.54, 1.807) is 12.1 Å². The highest BCUT2D eigenvalue weighted by atomic mass is 19.1. The number of nitrogens with zero attached hydrogens (tertiary/aromatic N) is 1. The van der Waals surface area contributed by atoms with Crippen LogP contribution < -0.4 is 15.4 Å². The summed E-state index contributed by atoms with van der Waals surface area (Å²) in [6.07, 6.45) is 3.59. The number of hydrogen-bond acceptors (Lipinski definition) is 4. The molecule has 0 radical (unpaired) electrons. The van der Waals surface area contributed by atoms with E-state index in [-0.39, 0.29) is 35.6 Å². The zero-order valence-electron chi connectivity index (χ0n) is 16.0. The molecule has 2 aliphatic rings. The molecule has 1 aliphatic carbocycles. The van der Waals surface area contributed by atoms with Gasteiger partial charge in [0.1, 0.15) is 0 Å². The van der Waals surface area contributed by atoms with Crippen LogP contribution in [0.15, 0.2) is 18.2 Å². The molecule has 0 unspecified atom stereocenters. The van der Waals surface area contributed by atoms with Crippen LogP contribution in [0.2, 0.25) is 0 Å². The number of likely N-dealkylation sites (tertiary alicyclic amines) is 1. The number of nitrogens with one attached hydrogen (secondary N) is 2. The molecule has 0 aromatic heterocycles. The van der Waals surface area contributed by atoms with Crippen molar-refractivity contribution in [3.05, 3.63) is 29.6 Å². The smallest absolute Gasteiger partial charge is 0.237 e. The largest absolute Gasteiger partial charge is 0.494 e. The first-order valence-electron chi connectivity index (χ1n) is 9.66. The Labute approximate surface area is 159 Å². The molecule has 7 heteroatoms. The van der Waals surface area contributed by atoms with E-state index in [1.165, 1.54) is 13.2 Å². The van der Waals surface area contributed by atoms with Crippen molar-refractivity contribution >= 4 is 11.8 Å². The summed E-state index contributed by atoms with van der Waals surface area (Å²) in [5.74, 6) is -0.0487. The van der Waals surface area contributed by atoms with Crippen LogP contribution in [0.25, 0.3) is 0 Å². The monoisotopic (exact) mass is 377 g/mol. The van der Waals surface area contributed by atoms with Crippen molar-refractivity contribution in [3.8, 4) is 5.75 Å². The average Bonchev–Trinajstić information content (AvgIpc) is 2.96. The van der Waals surface area contributed by atoms with Crippen LogP contribution in [0, 0.1) is 11.7 Å². The van der Waals surface area contributed by atoms with E-state index >= 15 is 0 Å². The van der Waals surface area contributed by atoms with Gasteiger partial charge >= 0.3 is 0 Å². The van der Waals surface area contributed by atoms with Gasteiger partial charge in [0.25, 0.3) is 0 Å². The molecule has 2 atom stereocenters. The lowest BCUT2D eigenvalue weighted by Gasteiger charge is -2.26. The van der Waals surface area contributed by atoms with E-state index in [2.05, 4.69) is 10.6 Å². The van der Waals surface area contributed by atoms with Gasteiger partial charge < -0.3 is 15.4 Å². The predicted molar refractivity (Wildman–Crippen MR) is 99.7 cm³/mol. The van der Waals surface area contributed by atoms with Gasteiger partial charge in [-0.25, -0.2) is 4.39 Å². The van der Waals surface area contributed by atoms with Gasteiger partial charge in [-0.3, -0.25) is 14.5 Å². The predicted octanol–water partition coefficient (Wildman–Crippen LogP) is 1.83. The molecule has 2 N–H and O–H groups in total. The van der Waals surface area contributed by atoms with Crippen LogP contribution in [0.4, 0.5) is 4.39 Å². The second-order valence-electron chi connectivity index (χ2n) is 7.38. The lowest BCUT2D eigenvalue weighted by atomic mass is 9.84. The van der Waals surface area contributed by atoms with E-state index in [1.807, 2.05) is 11.8 Å². The normalized spacial score (nSPS) is 22.9. The van der Waals surface area contributed by atoms with Gasteiger partial charge in [0.2, 0.25) is 11.8 Å². The molecule has 1 saturated carbocycles. The maximum absolute atomic E-state index is 14.0. The summed E-state index contributed by atoms with van der Waals surface area (Å²) >= 11 is 0. The van der Waals surface area contributed by atoms with Crippen molar-refractivity contribution in [1.82, 2.24) is 15.5 Å². The topological polar surface area (TPSA) is 70.7 Å². The Kier molecular flexibility index (Phi) is 6.31. The molecular weight excluding hydrogens is 349 g/mol. The first-order chi connectivity index (χ1) is 13.0. The molecule has 2 fully saturated rings. The van der Waals surface area contributed by atoms with Gasteiger partial charge in [0.15, 0.2) is 11.6 Å². The Morgan fingerprint density at radius 1 is 1.30 bits per heavy atom. The highest BCUT2D eigenvalue weighted by Crippen LogP contribution is 2.28. The molecule has 1 heterocycles. The van der Waals surface area contributed by atoms with Crippen LogP contribution in [-0.2, 0) is 16.1 Å². The summed E-state index contributed by atoms with van der Waals surface area (Å²) in [5, 5.41) is 5.96. The number of halogens is 1. The second kappa shape index (κ2) is 8.69. The molecular formula is C20H28FN3O3. The van der Waals surface area contributed by atoms with Gasteiger partial charge in [-0.15, -0.1) is 0 Å². The average molecular weight is 377 g/mol. The molecule has 3 rings (SSSR count). The van der Waals surface area contributed by atoms with Crippen molar-refractivity contribution in [2.45, 2.75) is 51.2 Å². The van der Waals surface area contributed by atoms with E-state index in [4.69, 9.17) is 4.74 Å². The lowest BCUT2D eigenvalue weighted by Crippen LogP contribution is -2.42. The Hall–Kier alpha value is -2.15. The van der Waals surface area contributed by atoms with Gasteiger partial charge in [-0.1, -0.05) is 12.5 Å². The maximum atomic E-state index is 14.0. The van der Waals surface area contributed by atoms with Crippen LogP contribution in [0.5, 0.6) is 5.75 Å². The molecule has 27 heavy (non-hydrogen) atoms. The van der Waals surface area contributed by atoms with Crippen LogP contribution >= 0.6 is 0 Å². The minimum Gasteiger partial charge on any atom is -0.494 e. The summed E-state index contributed by atoms with van der Waals surface area (Å²) in [6.45, 7) is 3.46. The number of hydrogen-bond donors (Lipinski definition) is 2. The van der Waals surface area contributed by atoms with Crippen molar-refractivity contribution in [2.24, 2.45) is 5.92 Å². The molecule has 1 aromatic rings. The number of ether oxygens (including phenoxy) is 1. The fourth-order valence-electron chi connectivity index (χ4n) is 3.78. The summed E-state index contributed by atoms with van der Waals surface area (Å²) in [4.78, 5) is 26.8. The minimum atomic E-state index is -0.418. The first kappa shape index (κ1) is 19.6. The van der Waals surface area contributed by atoms with Crippen molar-refractivity contribution in [1.29, 1.82) is 0 Å². The number of amides is 2. The standard InChI is InChI=1S/C20H28FN3O3/c1-3-22-20(26)17-10-15(23-19(25)14-5-4-6-14)12-24(17)11-13-7-8-18(27-2)16(21)9-13/h7-9,14-15,17H,3-6,10-12H2,1-2H3,(H,22,26)(H,23,25)/t15-,17+/m1/s1. The molecule has 1 saturated heterocycles. The summed E-state index contributed by atoms with van der Waals surface area (Å²) in [6, 6.07) is 4.44. The Bertz CT molecular complexity index is 693. The number of likely N-dealkylation sites (N-methyl/N-ethyl adjacent to an activating group) is 1. The third-order valence-corrected chi connectivity index (χ3v) is 5.48. The number of carbonyl (C=O) groups excluding carboxylic acids is 2. The van der Waals surface area contributed by atoms with Crippen molar-refractivity contribution in [2.75, 3.05) is 20.2 Å². The highest BCUT2D eigenvalue weighted by molar-refractivity contribution is 5.83. The zero-order valence-corrected chi connectivity index (χ0v) is 16.0. The minimum absolute atomic E-state index is 0.0492. The van der Waals surface area contributed by atoms with Gasteiger partial charge in [-0.05, 0) is 43.9 Å².